The van der Waals surface area contributed by atoms with Gasteiger partial charge in [0.05, 0.1) is 6.61 Å². The number of benzene rings is 2. The van der Waals surface area contributed by atoms with E-state index in [2.05, 4.69) is 54.0 Å². The zero-order chi connectivity index (χ0) is 19.2. The number of thiocarbonyl (C=S) groups is 1. The van der Waals surface area contributed by atoms with Crippen molar-refractivity contribution >= 4 is 23.0 Å². The molecule has 0 amide bonds. The number of rotatable bonds is 12. The summed E-state index contributed by atoms with van der Waals surface area (Å²) < 4.78 is 5.66. The molecule has 4 heteroatoms. The quantitative estimate of drug-likeness (QED) is 0.346. The maximum absolute atomic E-state index is 5.66. The van der Waals surface area contributed by atoms with Gasteiger partial charge in [-0.3, -0.25) is 0 Å². The van der Waals surface area contributed by atoms with Gasteiger partial charge in [0.2, 0.25) is 0 Å². The van der Waals surface area contributed by atoms with E-state index in [1.54, 1.807) is 0 Å². The molecule has 0 heterocycles. The van der Waals surface area contributed by atoms with Gasteiger partial charge >= 0.3 is 0 Å². The van der Waals surface area contributed by atoms with Gasteiger partial charge in [-0.2, -0.15) is 0 Å². The molecule has 27 heavy (non-hydrogen) atoms. The molecule has 146 valence electrons. The number of ether oxygens (including phenoxy) is 1. The molecule has 2 aromatic rings. The van der Waals surface area contributed by atoms with Crippen LogP contribution in [0.2, 0.25) is 0 Å². The van der Waals surface area contributed by atoms with Gasteiger partial charge in [-0.15, -0.1) is 0 Å². The molecule has 0 fully saturated rings. The zero-order valence-corrected chi connectivity index (χ0v) is 17.2. The molecule has 3 nitrogen and oxygen atoms in total. The first-order valence-corrected chi connectivity index (χ1v) is 10.5. The topological polar surface area (TPSA) is 33.3 Å². The summed E-state index contributed by atoms with van der Waals surface area (Å²) in [5, 5.41) is 7.04. The monoisotopic (exact) mass is 384 g/mol. The van der Waals surface area contributed by atoms with Gasteiger partial charge in [0.15, 0.2) is 5.11 Å². The highest BCUT2D eigenvalue weighted by molar-refractivity contribution is 7.80. The Balaban J connectivity index is 1.55. The van der Waals surface area contributed by atoms with E-state index in [4.69, 9.17) is 17.0 Å². The van der Waals surface area contributed by atoms with E-state index in [0.717, 1.165) is 25.3 Å². The summed E-state index contributed by atoms with van der Waals surface area (Å²) in [7, 11) is 0. The van der Waals surface area contributed by atoms with Crippen molar-refractivity contribution < 1.29 is 4.74 Å². The van der Waals surface area contributed by atoms with Crippen molar-refractivity contribution in [1.29, 1.82) is 0 Å². The lowest BCUT2D eigenvalue weighted by atomic mass is 10.1. The van der Waals surface area contributed by atoms with E-state index in [1.165, 1.54) is 43.2 Å². The summed E-state index contributed by atoms with van der Waals surface area (Å²) in [6.45, 7) is 4.50. The van der Waals surface area contributed by atoms with Crippen molar-refractivity contribution in [3.63, 3.8) is 0 Å². The molecule has 0 aliphatic carbocycles. The summed E-state index contributed by atoms with van der Waals surface area (Å²) in [5.74, 6) is 0. The lowest BCUT2D eigenvalue weighted by Crippen LogP contribution is -2.31. The molecule has 2 aromatic carbocycles. The fraction of sp³-hybridized carbons (Fsp3) is 0.435. The first-order valence-electron chi connectivity index (χ1n) is 10.1. The van der Waals surface area contributed by atoms with Crippen molar-refractivity contribution in [2.75, 3.05) is 25.1 Å². The molecular weight excluding hydrogens is 352 g/mol. The first kappa shape index (κ1) is 21.4. The summed E-state index contributed by atoms with van der Waals surface area (Å²) >= 11 is 5.34. The molecule has 0 spiro atoms. The molecule has 0 aromatic heterocycles. The molecule has 0 atom stereocenters. The Bertz CT molecular complexity index is 643. The Kier molecular flexibility index (Phi) is 10.5. The van der Waals surface area contributed by atoms with Crippen LogP contribution in [0.15, 0.2) is 54.6 Å². The van der Waals surface area contributed by atoms with E-state index in [0.29, 0.717) is 11.7 Å². The smallest absolute Gasteiger partial charge is 0.170 e. The van der Waals surface area contributed by atoms with Crippen LogP contribution in [0.5, 0.6) is 0 Å². The molecule has 0 aliphatic heterocycles. The molecule has 0 bridgehead atoms. The normalized spacial score (nSPS) is 10.6. The summed E-state index contributed by atoms with van der Waals surface area (Å²) in [4.78, 5) is 0. The van der Waals surface area contributed by atoms with Crippen molar-refractivity contribution in [3.8, 4) is 11.1 Å². The third kappa shape index (κ3) is 9.03. The number of anilines is 1. The second kappa shape index (κ2) is 13.3. The average Bonchev–Trinajstić information content (AvgIpc) is 2.70. The van der Waals surface area contributed by atoms with Gasteiger partial charge < -0.3 is 15.4 Å². The van der Waals surface area contributed by atoms with E-state index in [-0.39, 0.29) is 0 Å². The minimum absolute atomic E-state index is 0.630. The Morgan fingerprint density at radius 2 is 1.48 bits per heavy atom. The van der Waals surface area contributed by atoms with Gasteiger partial charge in [0.25, 0.3) is 0 Å². The predicted octanol–water partition coefficient (Wildman–Crippen LogP) is 6.02. The third-order valence-electron chi connectivity index (χ3n) is 4.42. The lowest BCUT2D eigenvalue weighted by molar-refractivity contribution is 0.134. The zero-order valence-electron chi connectivity index (χ0n) is 16.4. The van der Waals surface area contributed by atoms with Gasteiger partial charge in [0, 0.05) is 18.8 Å². The second-order valence-electron chi connectivity index (χ2n) is 6.70. The Morgan fingerprint density at radius 3 is 2.22 bits per heavy atom. The molecular formula is C23H32N2OS. The van der Waals surface area contributed by atoms with Crippen LogP contribution in [-0.2, 0) is 4.74 Å². The van der Waals surface area contributed by atoms with Crippen molar-refractivity contribution in [2.24, 2.45) is 0 Å². The van der Waals surface area contributed by atoms with Crippen LogP contribution < -0.4 is 10.6 Å². The van der Waals surface area contributed by atoms with Crippen molar-refractivity contribution in [1.82, 2.24) is 5.32 Å². The molecule has 0 saturated heterocycles. The number of hydrogen-bond acceptors (Lipinski definition) is 2. The van der Waals surface area contributed by atoms with Crippen LogP contribution in [0.1, 0.15) is 45.4 Å². The minimum atomic E-state index is 0.630. The Labute approximate surface area is 169 Å². The van der Waals surface area contributed by atoms with E-state index in [9.17, 15) is 0 Å². The van der Waals surface area contributed by atoms with Gasteiger partial charge in [0.1, 0.15) is 0 Å². The largest absolute Gasteiger partial charge is 0.380 e. The highest BCUT2D eigenvalue weighted by Crippen LogP contribution is 2.20. The highest BCUT2D eigenvalue weighted by atomic mass is 32.1. The van der Waals surface area contributed by atoms with Crippen LogP contribution in [-0.4, -0.2) is 24.9 Å². The van der Waals surface area contributed by atoms with E-state index >= 15 is 0 Å². The van der Waals surface area contributed by atoms with Crippen LogP contribution >= 0.6 is 12.2 Å². The third-order valence-corrected chi connectivity index (χ3v) is 4.67. The predicted molar refractivity (Wildman–Crippen MR) is 120 cm³/mol. The van der Waals surface area contributed by atoms with Gasteiger partial charge in [-0.1, -0.05) is 81.5 Å². The molecule has 2 rings (SSSR count). The molecule has 0 unspecified atom stereocenters. The summed E-state index contributed by atoms with van der Waals surface area (Å²) in [5.41, 5.74) is 3.40. The molecule has 0 aliphatic rings. The van der Waals surface area contributed by atoms with Gasteiger partial charge in [-0.25, -0.2) is 0 Å². The average molecular weight is 385 g/mol. The molecule has 0 radical (unpaired) electrons. The number of unbranched alkanes of at least 4 members (excludes halogenated alkanes) is 5. The number of nitrogens with one attached hydrogen (secondary N) is 2. The highest BCUT2D eigenvalue weighted by Gasteiger charge is 2.00. The Hall–Kier alpha value is -1.91. The minimum Gasteiger partial charge on any atom is -0.380 e. The first-order chi connectivity index (χ1) is 13.3. The van der Waals surface area contributed by atoms with E-state index in [1.807, 2.05) is 18.2 Å². The lowest BCUT2D eigenvalue weighted by Gasteiger charge is -2.11. The Morgan fingerprint density at radius 1 is 0.815 bits per heavy atom. The fourth-order valence-corrected chi connectivity index (χ4v) is 3.10. The van der Waals surface area contributed by atoms with Crippen LogP contribution in [0.4, 0.5) is 5.69 Å². The fourth-order valence-electron chi connectivity index (χ4n) is 2.88. The number of hydrogen-bond donors (Lipinski definition) is 2. The summed E-state index contributed by atoms with van der Waals surface area (Å²) in [6, 6.07) is 18.6. The molecule has 0 saturated carbocycles. The molecule has 2 N–H and O–H groups in total. The van der Waals surface area contributed by atoms with E-state index < -0.39 is 0 Å². The van der Waals surface area contributed by atoms with Crippen LogP contribution in [0.25, 0.3) is 11.1 Å². The van der Waals surface area contributed by atoms with Crippen molar-refractivity contribution in [3.05, 3.63) is 54.6 Å². The standard InChI is InChI=1S/C23H32N2OS/c1-2-3-4-5-6-10-18-26-19-17-24-23(27)25-22-15-13-21(14-16-22)20-11-8-7-9-12-20/h7-9,11-16H,2-6,10,17-19H2,1H3,(H2,24,25,27). The summed E-state index contributed by atoms with van der Waals surface area (Å²) in [6.07, 6.45) is 7.75. The van der Waals surface area contributed by atoms with Crippen molar-refractivity contribution in [2.45, 2.75) is 45.4 Å². The van der Waals surface area contributed by atoms with Crippen LogP contribution in [0, 0.1) is 0 Å². The SMILES string of the molecule is CCCCCCCCOCCNC(=S)Nc1ccc(-c2ccccc2)cc1. The van der Waals surface area contributed by atoms with Crippen LogP contribution in [0.3, 0.4) is 0 Å². The maximum Gasteiger partial charge on any atom is 0.170 e. The second-order valence-corrected chi connectivity index (χ2v) is 7.11. The maximum atomic E-state index is 5.66. The van der Waals surface area contributed by atoms with Gasteiger partial charge in [-0.05, 0) is 41.9 Å².